The highest BCUT2D eigenvalue weighted by molar-refractivity contribution is 6.10. The predicted molar refractivity (Wildman–Crippen MR) is 378 cm³/mol. The molecule has 1 unspecified atom stereocenters. The monoisotopic (exact) mass is 1170 g/mol. The number of fused-ring (bicyclic) bond motifs is 6. The van der Waals surface area contributed by atoms with E-state index in [0.29, 0.717) is 0 Å². The molecule has 5 heteroatoms. The summed E-state index contributed by atoms with van der Waals surface area (Å²) in [5, 5.41) is 12.2. The summed E-state index contributed by atoms with van der Waals surface area (Å²) in [5.41, 5.74) is 24.6. The standard InChI is InChI=1S/C85H79N5/c1-9-11-35-58-44-34-54-71(64(58)47-12-10-2)89-82(61-42-24-16-25-43-61)74(67-51-29-28-48-63(67)57-36-18-13-19-37-57)83(88(62-45-26-17-27-46-62)90(89)72-53-33-31-49-65(72)59-38-20-14-21-39-59)77-73(60-40-22-15-23-41-60)78(84(3,4)5)79(85(6,7)8)81-76(77)75-70(87-81)56-55-68-66-50-30-32-52-69(66)86-80(68)75/h13-34,36-46,48-56,83H,9-12,35,47H2,1-8H3. The van der Waals surface area contributed by atoms with Gasteiger partial charge in [-0.25, -0.2) is 15.0 Å². The van der Waals surface area contributed by atoms with Crippen LogP contribution in [-0.4, -0.2) is 0 Å². The Bertz CT molecular complexity index is 4750. The van der Waals surface area contributed by atoms with E-state index >= 15 is 0 Å². The summed E-state index contributed by atoms with van der Waals surface area (Å²) in [4.78, 5) is 11.8. The van der Waals surface area contributed by atoms with E-state index in [1.165, 1.54) is 39.0 Å². The number of hydrogen-bond acceptors (Lipinski definition) is 5. The first-order chi connectivity index (χ1) is 43.9. The fraction of sp³-hybridized carbons (Fsp3) is 0.200. The van der Waals surface area contributed by atoms with Crippen molar-refractivity contribution in [3.8, 4) is 44.5 Å². The van der Waals surface area contributed by atoms with Crippen LogP contribution in [0, 0.1) is 10.4 Å². The van der Waals surface area contributed by atoms with E-state index in [1.54, 1.807) is 0 Å². The summed E-state index contributed by atoms with van der Waals surface area (Å²) in [7, 11) is 0. The molecule has 14 rings (SSSR count). The molecule has 11 aromatic carbocycles. The highest BCUT2D eigenvalue weighted by Gasteiger charge is 2.49. The SMILES string of the molecule is CCCCc1cccc(N2C(c3ccccc3)=C(c3ccccc3-c3ccccc3)C(c3c4c(c(C(C)(C)C)c(C(C)(C)C)c3-c3ccccc3)N=c3ccc5c(c3-4)N=c3ccccc3=5)N(c3ccccc3)N2c2ccccc2-c2ccccc2)c1CCCC. The lowest BCUT2D eigenvalue weighted by atomic mass is 9.67. The van der Waals surface area contributed by atoms with Crippen molar-refractivity contribution in [2.75, 3.05) is 15.1 Å². The van der Waals surface area contributed by atoms with E-state index in [2.05, 4.69) is 325 Å². The van der Waals surface area contributed by atoms with E-state index in [1.807, 2.05) is 0 Å². The van der Waals surface area contributed by atoms with Gasteiger partial charge in [0.05, 0.1) is 44.8 Å². The van der Waals surface area contributed by atoms with Crippen LogP contribution < -0.4 is 25.9 Å². The number of unbranched alkanes of at least 4 members (excludes halogenated alkanes) is 2. The van der Waals surface area contributed by atoms with Gasteiger partial charge >= 0.3 is 0 Å². The molecule has 3 aliphatic heterocycles. The number of hydrogen-bond donors (Lipinski definition) is 0. The maximum Gasteiger partial charge on any atom is 0.106 e. The van der Waals surface area contributed by atoms with E-state index in [0.717, 1.165) is 144 Å². The molecule has 90 heavy (non-hydrogen) atoms. The van der Waals surface area contributed by atoms with Gasteiger partial charge in [0.25, 0.3) is 0 Å². The zero-order chi connectivity index (χ0) is 61.7. The number of benzene rings is 11. The van der Waals surface area contributed by atoms with E-state index in [4.69, 9.17) is 9.98 Å². The second kappa shape index (κ2) is 23.9. The molecule has 5 nitrogen and oxygen atoms in total. The minimum absolute atomic E-state index is 0.363. The largest absolute Gasteiger partial charge is 0.254 e. The van der Waals surface area contributed by atoms with Gasteiger partial charge in [-0.1, -0.05) is 281 Å². The summed E-state index contributed by atoms with van der Waals surface area (Å²) in [5.74, 6) is 0. The normalized spacial score (nSPS) is 14.2. The van der Waals surface area contributed by atoms with Gasteiger partial charge in [-0.05, 0) is 140 Å². The average molecular weight is 1170 g/mol. The fourth-order valence-electron chi connectivity index (χ4n) is 14.6. The molecule has 0 radical (unpaired) electrons. The quantitative estimate of drug-likeness (QED) is 0.103. The van der Waals surface area contributed by atoms with Crippen molar-refractivity contribution in [3.05, 3.63) is 315 Å². The minimum atomic E-state index is -0.602. The predicted octanol–water partition coefficient (Wildman–Crippen LogP) is 21.4. The molecule has 0 bridgehead atoms. The second-order valence-electron chi connectivity index (χ2n) is 26.5. The Morgan fingerprint density at radius 2 is 0.911 bits per heavy atom. The maximum atomic E-state index is 6.07. The molecule has 0 aliphatic carbocycles. The number of hydrazine groups is 2. The fourth-order valence-corrected chi connectivity index (χ4v) is 14.6. The minimum Gasteiger partial charge on any atom is -0.254 e. The molecule has 444 valence electrons. The summed E-state index contributed by atoms with van der Waals surface area (Å²) < 4.78 is 0. The van der Waals surface area contributed by atoms with Crippen LogP contribution in [0.25, 0.3) is 55.8 Å². The van der Waals surface area contributed by atoms with E-state index in [-0.39, 0.29) is 5.41 Å². The zero-order valence-corrected chi connectivity index (χ0v) is 53.3. The molecular formula is C85H79N5. The van der Waals surface area contributed by atoms with Gasteiger partial charge < -0.3 is 0 Å². The number of aryl methyl sites for hydroxylation is 1. The Morgan fingerprint density at radius 1 is 0.389 bits per heavy atom. The van der Waals surface area contributed by atoms with Gasteiger partial charge in [0, 0.05) is 38.3 Å². The summed E-state index contributed by atoms with van der Waals surface area (Å²) >= 11 is 0. The number of nitrogens with zero attached hydrogens (tertiary/aromatic N) is 5. The van der Waals surface area contributed by atoms with Crippen LogP contribution in [0.5, 0.6) is 0 Å². The molecule has 1 atom stereocenters. The molecule has 0 fully saturated rings. The Kier molecular flexibility index (Phi) is 15.4. The molecule has 0 amide bonds. The van der Waals surface area contributed by atoms with Gasteiger partial charge in [0.15, 0.2) is 0 Å². The molecule has 3 aliphatic rings. The molecule has 0 saturated carbocycles. The first-order valence-electron chi connectivity index (χ1n) is 32.6. The lowest BCUT2D eigenvalue weighted by Gasteiger charge is -2.56. The molecule has 0 saturated heterocycles. The lowest BCUT2D eigenvalue weighted by Crippen LogP contribution is -2.59. The zero-order valence-electron chi connectivity index (χ0n) is 53.3. The number of anilines is 3. The first kappa shape index (κ1) is 57.9. The maximum absolute atomic E-state index is 6.07. The molecular weight excluding hydrogens is 1090 g/mol. The van der Waals surface area contributed by atoms with Crippen molar-refractivity contribution in [1.82, 2.24) is 0 Å². The number of rotatable bonds is 15. The van der Waals surface area contributed by atoms with Crippen LogP contribution in [0.3, 0.4) is 0 Å². The lowest BCUT2D eigenvalue weighted by molar-refractivity contribution is 0.531. The molecule has 3 heterocycles. The average Bonchev–Trinajstić information content (AvgIpc) is 1.19. The highest BCUT2D eigenvalue weighted by atomic mass is 15.9. The molecule has 0 spiro atoms. The number of para-hydroxylation sites is 3. The van der Waals surface area contributed by atoms with E-state index in [9.17, 15) is 0 Å². The summed E-state index contributed by atoms with van der Waals surface area (Å²) in [6.45, 7) is 19.1. The summed E-state index contributed by atoms with van der Waals surface area (Å²) in [6, 6.07) is 94.3. The third-order valence-electron chi connectivity index (χ3n) is 18.4. The van der Waals surface area contributed by atoms with Gasteiger partial charge in [-0.15, -0.1) is 0 Å². The van der Waals surface area contributed by atoms with E-state index < -0.39 is 11.5 Å². The smallest absolute Gasteiger partial charge is 0.106 e. The van der Waals surface area contributed by atoms with Crippen molar-refractivity contribution in [1.29, 1.82) is 0 Å². The molecule has 11 aromatic rings. The van der Waals surface area contributed by atoms with Crippen molar-refractivity contribution < 1.29 is 0 Å². The van der Waals surface area contributed by atoms with Crippen LogP contribution in [0.15, 0.2) is 265 Å². The molecule has 0 N–H and O–H groups in total. The Labute approximate surface area is 532 Å². The Hall–Kier alpha value is -9.84. The van der Waals surface area contributed by atoms with Crippen LogP contribution in [0.1, 0.15) is 126 Å². The third kappa shape index (κ3) is 10.1. The van der Waals surface area contributed by atoms with Gasteiger partial charge in [0.1, 0.15) is 6.04 Å². The van der Waals surface area contributed by atoms with Crippen LogP contribution in [-0.2, 0) is 23.7 Å². The molecule has 0 aromatic heterocycles. The Morgan fingerprint density at radius 3 is 1.56 bits per heavy atom. The van der Waals surface area contributed by atoms with Crippen LogP contribution in [0.4, 0.5) is 28.4 Å². The van der Waals surface area contributed by atoms with Crippen molar-refractivity contribution >= 4 is 39.7 Å². The Balaban J connectivity index is 1.30. The highest BCUT2D eigenvalue weighted by Crippen LogP contribution is 2.62. The van der Waals surface area contributed by atoms with Gasteiger partial charge in [-0.3, -0.25) is 5.01 Å². The summed E-state index contributed by atoms with van der Waals surface area (Å²) in [6.07, 6.45) is 6.23. The first-order valence-corrected chi connectivity index (χ1v) is 32.6. The topological polar surface area (TPSA) is 34.4 Å². The van der Waals surface area contributed by atoms with Crippen LogP contribution in [0.2, 0.25) is 0 Å². The van der Waals surface area contributed by atoms with Crippen LogP contribution >= 0.6 is 0 Å². The third-order valence-corrected chi connectivity index (χ3v) is 18.4. The second-order valence-corrected chi connectivity index (χ2v) is 26.5. The van der Waals surface area contributed by atoms with Gasteiger partial charge in [0.2, 0.25) is 0 Å². The van der Waals surface area contributed by atoms with Crippen molar-refractivity contribution in [2.45, 2.75) is 111 Å². The van der Waals surface area contributed by atoms with Crippen molar-refractivity contribution in [2.24, 2.45) is 9.98 Å². The van der Waals surface area contributed by atoms with Gasteiger partial charge in [-0.2, -0.15) is 5.12 Å². The van der Waals surface area contributed by atoms with Crippen molar-refractivity contribution in [3.63, 3.8) is 0 Å².